The number of para-hydroxylation sites is 1. The number of pyridine rings is 1. The first-order valence-corrected chi connectivity index (χ1v) is 8.97. The Labute approximate surface area is 156 Å². The fourth-order valence-corrected chi connectivity index (χ4v) is 3.14. The lowest BCUT2D eigenvalue weighted by Crippen LogP contribution is -2.27. The lowest BCUT2D eigenvalue weighted by atomic mass is 10.2. The molecule has 0 aliphatic heterocycles. The maximum atomic E-state index is 12.7. The number of benzene rings is 1. The molecule has 0 radical (unpaired) electrons. The molecule has 27 heavy (non-hydrogen) atoms. The average Bonchev–Trinajstić information content (AvgIpc) is 3.33. The first-order chi connectivity index (χ1) is 13.3. The van der Waals surface area contributed by atoms with Gasteiger partial charge in [-0.3, -0.25) is 9.20 Å². The SMILES string of the molecule is CCc1c(C(=O)NCCc2nnc3ccccn23)cnn1-c1ccccc1. The normalized spacial score (nSPS) is 11.0. The molecule has 3 heterocycles. The van der Waals surface area contributed by atoms with E-state index in [1.807, 2.05) is 70.7 Å². The van der Waals surface area contributed by atoms with Crippen molar-refractivity contribution in [2.75, 3.05) is 6.54 Å². The van der Waals surface area contributed by atoms with Crippen LogP contribution in [0.15, 0.2) is 60.9 Å². The molecule has 0 aliphatic rings. The number of hydrogen-bond acceptors (Lipinski definition) is 4. The Morgan fingerprint density at radius 1 is 1.07 bits per heavy atom. The molecule has 0 atom stereocenters. The molecule has 0 bridgehead atoms. The van der Waals surface area contributed by atoms with Crippen LogP contribution in [0.4, 0.5) is 0 Å². The third kappa shape index (κ3) is 3.31. The van der Waals surface area contributed by atoms with Crippen LogP contribution in [0.2, 0.25) is 0 Å². The Balaban J connectivity index is 1.46. The van der Waals surface area contributed by atoms with E-state index in [9.17, 15) is 4.79 Å². The van der Waals surface area contributed by atoms with E-state index >= 15 is 0 Å². The summed E-state index contributed by atoms with van der Waals surface area (Å²) in [5.41, 5.74) is 3.25. The van der Waals surface area contributed by atoms with Gasteiger partial charge in [-0.25, -0.2) is 4.68 Å². The summed E-state index contributed by atoms with van der Waals surface area (Å²) in [5.74, 6) is 0.699. The summed E-state index contributed by atoms with van der Waals surface area (Å²) in [6, 6.07) is 15.6. The summed E-state index contributed by atoms with van der Waals surface area (Å²) >= 11 is 0. The quantitative estimate of drug-likeness (QED) is 0.573. The lowest BCUT2D eigenvalue weighted by molar-refractivity contribution is 0.0953. The van der Waals surface area contributed by atoms with Crippen molar-refractivity contribution in [3.63, 3.8) is 0 Å². The van der Waals surface area contributed by atoms with E-state index in [0.29, 0.717) is 24.9 Å². The van der Waals surface area contributed by atoms with Crippen LogP contribution in [0, 0.1) is 0 Å². The van der Waals surface area contributed by atoms with Crippen molar-refractivity contribution < 1.29 is 4.79 Å². The van der Waals surface area contributed by atoms with E-state index < -0.39 is 0 Å². The summed E-state index contributed by atoms with van der Waals surface area (Å²) < 4.78 is 3.75. The Morgan fingerprint density at radius 2 is 1.89 bits per heavy atom. The van der Waals surface area contributed by atoms with Crippen LogP contribution in [-0.2, 0) is 12.8 Å². The van der Waals surface area contributed by atoms with Gasteiger partial charge in [0.05, 0.1) is 23.1 Å². The Bertz CT molecular complexity index is 1070. The summed E-state index contributed by atoms with van der Waals surface area (Å²) in [6.07, 6.45) is 4.87. The number of aromatic nitrogens is 5. The number of nitrogens with zero attached hydrogens (tertiary/aromatic N) is 5. The second-order valence-electron chi connectivity index (χ2n) is 6.16. The van der Waals surface area contributed by atoms with Crippen molar-refractivity contribution in [3.8, 4) is 5.69 Å². The van der Waals surface area contributed by atoms with E-state index in [0.717, 1.165) is 22.9 Å². The van der Waals surface area contributed by atoms with Crippen molar-refractivity contribution in [2.24, 2.45) is 0 Å². The van der Waals surface area contributed by atoms with Gasteiger partial charge in [-0.2, -0.15) is 5.10 Å². The van der Waals surface area contributed by atoms with Gasteiger partial charge >= 0.3 is 0 Å². The molecule has 0 saturated heterocycles. The van der Waals surface area contributed by atoms with Crippen LogP contribution >= 0.6 is 0 Å². The Hall–Kier alpha value is -3.48. The molecule has 0 unspecified atom stereocenters. The topological polar surface area (TPSA) is 77.1 Å². The standard InChI is InChI=1S/C20H20N6O/c1-2-17-16(14-22-26(17)15-8-4-3-5-9-15)20(27)21-12-11-19-24-23-18-10-6-7-13-25(18)19/h3-10,13-14H,2,11-12H2,1H3,(H,21,27). The minimum Gasteiger partial charge on any atom is -0.351 e. The highest BCUT2D eigenvalue weighted by atomic mass is 16.1. The van der Waals surface area contributed by atoms with Crippen LogP contribution in [0.25, 0.3) is 11.3 Å². The van der Waals surface area contributed by atoms with Crippen LogP contribution in [0.3, 0.4) is 0 Å². The molecular weight excluding hydrogens is 340 g/mol. The number of hydrogen-bond donors (Lipinski definition) is 1. The molecule has 1 aromatic carbocycles. The number of rotatable bonds is 6. The summed E-state index contributed by atoms with van der Waals surface area (Å²) in [4.78, 5) is 12.7. The van der Waals surface area contributed by atoms with Gasteiger partial charge in [0.25, 0.3) is 5.91 Å². The Kier molecular flexibility index (Phi) is 4.65. The Morgan fingerprint density at radius 3 is 2.70 bits per heavy atom. The second kappa shape index (κ2) is 7.41. The molecule has 4 rings (SSSR count). The van der Waals surface area contributed by atoms with Crippen molar-refractivity contribution in [1.29, 1.82) is 0 Å². The van der Waals surface area contributed by atoms with Gasteiger partial charge in [-0.1, -0.05) is 31.2 Å². The minimum absolute atomic E-state index is 0.122. The van der Waals surface area contributed by atoms with Gasteiger partial charge in [0.15, 0.2) is 5.65 Å². The second-order valence-corrected chi connectivity index (χ2v) is 6.16. The third-order valence-corrected chi connectivity index (χ3v) is 4.47. The van der Waals surface area contributed by atoms with Crippen LogP contribution in [0.5, 0.6) is 0 Å². The smallest absolute Gasteiger partial charge is 0.254 e. The first kappa shape index (κ1) is 17.0. The molecule has 7 nitrogen and oxygen atoms in total. The van der Waals surface area contributed by atoms with Crippen LogP contribution < -0.4 is 5.32 Å². The molecule has 3 aromatic heterocycles. The van der Waals surface area contributed by atoms with Crippen LogP contribution in [0.1, 0.15) is 28.8 Å². The van der Waals surface area contributed by atoms with Crippen molar-refractivity contribution >= 4 is 11.6 Å². The molecule has 4 aromatic rings. The monoisotopic (exact) mass is 360 g/mol. The number of amides is 1. The van der Waals surface area contributed by atoms with Gasteiger partial charge in [0.2, 0.25) is 0 Å². The van der Waals surface area contributed by atoms with Gasteiger partial charge < -0.3 is 5.32 Å². The molecule has 1 N–H and O–H groups in total. The molecule has 0 aliphatic carbocycles. The highest BCUT2D eigenvalue weighted by Crippen LogP contribution is 2.15. The summed E-state index contributed by atoms with van der Waals surface area (Å²) in [5, 5.41) is 15.7. The molecule has 1 amide bonds. The zero-order valence-electron chi connectivity index (χ0n) is 15.0. The van der Waals surface area contributed by atoms with Gasteiger partial charge in [0.1, 0.15) is 5.82 Å². The van der Waals surface area contributed by atoms with Crippen LogP contribution in [-0.4, -0.2) is 36.8 Å². The molecule has 7 heteroatoms. The van der Waals surface area contributed by atoms with Gasteiger partial charge in [-0.15, -0.1) is 10.2 Å². The predicted molar refractivity (Wildman–Crippen MR) is 102 cm³/mol. The van der Waals surface area contributed by atoms with Gasteiger partial charge in [0, 0.05) is 19.2 Å². The number of carbonyl (C=O) groups excluding carboxylic acids is 1. The van der Waals surface area contributed by atoms with Gasteiger partial charge in [-0.05, 0) is 30.7 Å². The lowest BCUT2D eigenvalue weighted by Gasteiger charge is -2.08. The highest BCUT2D eigenvalue weighted by molar-refractivity contribution is 5.95. The largest absolute Gasteiger partial charge is 0.351 e. The first-order valence-electron chi connectivity index (χ1n) is 8.97. The molecule has 0 saturated carbocycles. The highest BCUT2D eigenvalue weighted by Gasteiger charge is 2.17. The average molecular weight is 360 g/mol. The van der Waals surface area contributed by atoms with E-state index in [1.54, 1.807) is 6.20 Å². The van der Waals surface area contributed by atoms with E-state index in [2.05, 4.69) is 20.6 Å². The van der Waals surface area contributed by atoms with E-state index in [-0.39, 0.29) is 5.91 Å². The molecule has 136 valence electrons. The maximum absolute atomic E-state index is 12.7. The van der Waals surface area contributed by atoms with E-state index in [4.69, 9.17) is 0 Å². The van der Waals surface area contributed by atoms with Crippen molar-refractivity contribution in [1.82, 2.24) is 29.7 Å². The molecule has 0 fully saturated rings. The maximum Gasteiger partial charge on any atom is 0.254 e. The molecular formula is C20H20N6O. The fourth-order valence-electron chi connectivity index (χ4n) is 3.14. The molecule has 0 spiro atoms. The van der Waals surface area contributed by atoms with Crippen molar-refractivity contribution in [3.05, 3.63) is 78.0 Å². The number of fused-ring (bicyclic) bond motifs is 1. The zero-order chi connectivity index (χ0) is 18.6. The fraction of sp³-hybridized carbons (Fsp3) is 0.200. The third-order valence-electron chi connectivity index (χ3n) is 4.47. The predicted octanol–water partition coefficient (Wildman–Crippen LogP) is 2.45. The summed E-state index contributed by atoms with van der Waals surface area (Å²) in [6.45, 7) is 2.50. The van der Waals surface area contributed by atoms with E-state index in [1.165, 1.54) is 0 Å². The van der Waals surface area contributed by atoms with Crippen molar-refractivity contribution in [2.45, 2.75) is 19.8 Å². The number of nitrogens with one attached hydrogen (secondary N) is 1. The summed E-state index contributed by atoms with van der Waals surface area (Å²) in [7, 11) is 0. The minimum atomic E-state index is -0.122. The zero-order valence-corrected chi connectivity index (χ0v) is 15.0. The number of carbonyl (C=O) groups is 1.